The van der Waals surface area contributed by atoms with Gasteiger partial charge >= 0.3 is 0 Å². The summed E-state index contributed by atoms with van der Waals surface area (Å²) < 4.78 is 11.4. The zero-order chi connectivity index (χ0) is 18.2. The van der Waals surface area contributed by atoms with E-state index < -0.39 is 5.91 Å². The molecule has 0 radical (unpaired) electrons. The van der Waals surface area contributed by atoms with Crippen LogP contribution in [-0.2, 0) is 4.79 Å². The Labute approximate surface area is 155 Å². The number of carbonyl (C=O) groups excluding carboxylic acids is 1. The Morgan fingerprint density at radius 2 is 2.04 bits per heavy atom. The lowest BCUT2D eigenvalue weighted by atomic mass is 10.1. The molecule has 0 aliphatic carbocycles. The lowest BCUT2D eigenvalue weighted by Crippen LogP contribution is -2.14. The van der Waals surface area contributed by atoms with E-state index in [2.05, 4.69) is 21.2 Å². The molecule has 2 aromatic rings. The first kappa shape index (κ1) is 18.6. The lowest BCUT2D eigenvalue weighted by molar-refractivity contribution is -0.112. The summed E-state index contributed by atoms with van der Waals surface area (Å²) in [6, 6.07) is 14.3. The highest BCUT2D eigenvalue weighted by Gasteiger charge is 2.12. The summed E-state index contributed by atoms with van der Waals surface area (Å²) in [6.07, 6.45) is 1.52. The van der Waals surface area contributed by atoms with Crippen LogP contribution in [0.1, 0.15) is 12.5 Å². The van der Waals surface area contributed by atoms with Crippen LogP contribution in [0.15, 0.2) is 52.5 Å². The topological polar surface area (TPSA) is 71.3 Å². The van der Waals surface area contributed by atoms with E-state index in [-0.39, 0.29) is 5.57 Å². The first-order chi connectivity index (χ1) is 12.1. The normalized spacial score (nSPS) is 10.7. The molecule has 128 valence electrons. The van der Waals surface area contributed by atoms with Gasteiger partial charge in [-0.3, -0.25) is 4.79 Å². The average Bonchev–Trinajstić information content (AvgIpc) is 2.61. The van der Waals surface area contributed by atoms with Gasteiger partial charge in [0.15, 0.2) is 0 Å². The van der Waals surface area contributed by atoms with Gasteiger partial charge in [-0.05, 0) is 58.8 Å². The molecule has 0 heterocycles. The summed E-state index contributed by atoms with van der Waals surface area (Å²) in [7, 11) is 1.57. The molecule has 0 bridgehead atoms. The third kappa shape index (κ3) is 4.85. The molecule has 1 amide bonds. The number of rotatable bonds is 6. The number of ether oxygens (including phenoxy) is 2. The fourth-order valence-corrected chi connectivity index (χ4v) is 2.69. The average molecular weight is 401 g/mol. The van der Waals surface area contributed by atoms with Crippen LogP contribution in [0.2, 0.25) is 0 Å². The second kappa shape index (κ2) is 8.90. The highest BCUT2D eigenvalue weighted by atomic mass is 79.9. The minimum Gasteiger partial charge on any atom is -0.496 e. The maximum Gasteiger partial charge on any atom is 0.266 e. The maximum atomic E-state index is 12.4. The summed E-state index contributed by atoms with van der Waals surface area (Å²) in [6.45, 7) is 2.34. The number of nitrogens with zero attached hydrogens (tertiary/aromatic N) is 1. The SMILES string of the molecule is CCOc1ccccc1NC(=O)/C(C#N)=C/c1ccc(OC)c(Br)c1. The number of nitrogens with one attached hydrogen (secondary N) is 1. The summed E-state index contributed by atoms with van der Waals surface area (Å²) in [5, 5.41) is 12.0. The molecule has 0 aliphatic rings. The zero-order valence-corrected chi connectivity index (χ0v) is 15.5. The number of nitriles is 1. The lowest BCUT2D eigenvalue weighted by Gasteiger charge is -2.11. The molecule has 6 heteroatoms. The van der Waals surface area contributed by atoms with Crippen LogP contribution in [-0.4, -0.2) is 19.6 Å². The van der Waals surface area contributed by atoms with Crippen molar-refractivity contribution in [1.29, 1.82) is 5.26 Å². The molecule has 0 saturated carbocycles. The van der Waals surface area contributed by atoms with E-state index in [4.69, 9.17) is 9.47 Å². The number of hydrogen-bond donors (Lipinski definition) is 1. The Hall–Kier alpha value is -2.78. The monoisotopic (exact) mass is 400 g/mol. The van der Waals surface area contributed by atoms with Gasteiger partial charge < -0.3 is 14.8 Å². The van der Waals surface area contributed by atoms with Crippen LogP contribution in [0.4, 0.5) is 5.69 Å². The Morgan fingerprint density at radius 3 is 2.68 bits per heavy atom. The van der Waals surface area contributed by atoms with Crippen LogP contribution in [0.5, 0.6) is 11.5 Å². The Kier molecular flexibility index (Phi) is 6.61. The van der Waals surface area contributed by atoms with Gasteiger partial charge in [-0.25, -0.2) is 0 Å². The molecule has 0 aromatic heterocycles. The van der Waals surface area contributed by atoms with Crippen LogP contribution in [0, 0.1) is 11.3 Å². The quantitative estimate of drug-likeness (QED) is 0.575. The number of hydrogen-bond acceptors (Lipinski definition) is 4. The van der Waals surface area contributed by atoms with Crippen molar-refractivity contribution in [2.45, 2.75) is 6.92 Å². The number of halogens is 1. The Morgan fingerprint density at radius 1 is 1.28 bits per heavy atom. The molecule has 0 unspecified atom stereocenters. The van der Waals surface area contributed by atoms with Crippen molar-refractivity contribution >= 4 is 33.6 Å². The summed E-state index contributed by atoms with van der Waals surface area (Å²) >= 11 is 3.38. The molecule has 25 heavy (non-hydrogen) atoms. The van der Waals surface area contributed by atoms with E-state index in [1.807, 2.05) is 19.1 Å². The molecular formula is C19H17BrN2O3. The maximum absolute atomic E-state index is 12.4. The number of para-hydroxylation sites is 2. The second-order valence-corrected chi connectivity index (χ2v) is 5.80. The largest absolute Gasteiger partial charge is 0.496 e. The van der Waals surface area contributed by atoms with E-state index in [1.165, 1.54) is 6.08 Å². The van der Waals surface area contributed by atoms with Gasteiger partial charge in [0.05, 0.1) is 23.9 Å². The van der Waals surface area contributed by atoms with Crippen molar-refractivity contribution in [1.82, 2.24) is 0 Å². The summed E-state index contributed by atoms with van der Waals surface area (Å²) in [5.41, 5.74) is 1.22. The van der Waals surface area contributed by atoms with Gasteiger partial charge in [-0.1, -0.05) is 18.2 Å². The second-order valence-electron chi connectivity index (χ2n) is 4.95. The Bertz CT molecular complexity index is 841. The van der Waals surface area contributed by atoms with Gasteiger partial charge in [-0.2, -0.15) is 5.26 Å². The standard InChI is InChI=1S/C19H17BrN2O3/c1-3-25-18-7-5-4-6-16(18)22-19(23)14(12-21)10-13-8-9-17(24-2)15(20)11-13/h4-11H,3H2,1-2H3,(H,22,23)/b14-10+. The summed E-state index contributed by atoms with van der Waals surface area (Å²) in [4.78, 5) is 12.4. The van der Waals surface area contributed by atoms with Crippen LogP contribution >= 0.6 is 15.9 Å². The fourth-order valence-electron chi connectivity index (χ4n) is 2.13. The predicted molar refractivity (Wildman–Crippen MR) is 101 cm³/mol. The van der Waals surface area contributed by atoms with E-state index in [0.29, 0.717) is 29.4 Å². The van der Waals surface area contributed by atoms with Crippen molar-refractivity contribution in [3.8, 4) is 17.6 Å². The van der Waals surface area contributed by atoms with Gasteiger partial charge in [0.25, 0.3) is 5.91 Å². The first-order valence-corrected chi connectivity index (χ1v) is 8.36. The van der Waals surface area contributed by atoms with Crippen LogP contribution in [0.25, 0.3) is 6.08 Å². The molecule has 1 N–H and O–H groups in total. The van der Waals surface area contributed by atoms with E-state index in [1.54, 1.807) is 43.5 Å². The van der Waals surface area contributed by atoms with Gasteiger partial charge in [-0.15, -0.1) is 0 Å². The number of methoxy groups -OCH3 is 1. The van der Waals surface area contributed by atoms with Crippen molar-refractivity contribution in [2.24, 2.45) is 0 Å². The molecule has 0 aliphatic heterocycles. The number of anilines is 1. The van der Waals surface area contributed by atoms with Crippen molar-refractivity contribution in [3.63, 3.8) is 0 Å². The number of benzene rings is 2. The minimum absolute atomic E-state index is 0.0108. The molecule has 5 nitrogen and oxygen atoms in total. The highest BCUT2D eigenvalue weighted by molar-refractivity contribution is 9.10. The smallest absolute Gasteiger partial charge is 0.266 e. The molecule has 2 aromatic carbocycles. The fraction of sp³-hybridized carbons (Fsp3) is 0.158. The number of carbonyl (C=O) groups is 1. The predicted octanol–water partition coefficient (Wildman–Crippen LogP) is 4.40. The molecular weight excluding hydrogens is 384 g/mol. The highest BCUT2D eigenvalue weighted by Crippen LogP contribution is 2.27. The first-order valence-electron chi connectivity index (χ1n) is 7.57. The van der Waals surface area contributed by atoms with E-state index in [0.717, 1.165) is 4.47 Å². The summed E-state index contributed by atoms with van der Waals surface area (Å²) in [5.74, 6) is 0.732. The molecule has 0 fully saturated rings. The molecule has 2 rings (SSSR count). The van der Waals surface area contributed by atoms with Gasteiger partial charge in [0.2, 0.25) is 0 Å². The Balaban J connectivity index is 2.24. The minimum atomic E-state index is -0.499. The van der Waals surface area contributed by atoms with Crippen LogP contribution in [0.3, 0.4) is 0 Å². The zero-order valence-electron chi connectivity index (χ0n) is 13.9. The van der Waals surface area contributed by atoms with E-state index >= 15 is 0 Å². The third-order valence-corrected chi connectivity index (χ3v) is 3.91. The molecule has 0 saturated heterocycles. The van der Waals surface area contributed by atoms with Gasteiger partial charge in [0.1, 0.15) is 23.1 Å². The third-order valence-electron chi connectivity index (χ3n) is 3.29. The van der Waals surface area contributed by atoms with Crippen molar-refractivity contribution in [2.75, 3.05) is 19.0 Å². The van der Waals surface area contributed by atoms with Gasteiger partial charge in [0, 0.05) is 0 Å². The molecule has 0 atom stereocenters. The van der Waals surface area contributed by atoms with Crippen LogP contribution < -0.4 is 14.8 Å². The van der Waals surface area contributed by atoms with Crippen molar-refractivity contribution < 1.29 is 14.3 Å². The van der Waals surface area contributed by atoms with Crippen molar-refractivity contribution in [3.05, 3.63) is 58.1 Å². The molecule has 0 spiro atoms. The number of amides is 1. The van der Waals surface area contributed by atoms with E-state index in [9.17, 15) is 10.1 Å².